The Labute approximate surface area is 424 Å². The van der Waals surface area contributed by atoms with Gasteiger partial charge in [-0.15, -0.1) is 0 Å². The van der Waals surface area contributed by atoms with Crippen LogP contribution < -0.4 is 27.0 Å². The van der Waals surface area contributed by atoms with Gasteiger partial charge in [-0.25, -0.2) is 0 Å². The minimum atomic E-state index is -4.13. The van der Waals surface area contributed by atoms with E-state index in [9.17, 15) is 57.3 Å². The van der Waals surface area contributed by atoms with E-state index in [1.807, 2.05) is 35.7 Å². The molecule has 0 aromatic carbocycles. The van der Waals surface area contributed by atoms with E-state index >= 15 is 0 Å². The number of hydrogen-bond acceptors (Lipinski definition) is 13. The lowest BCUT2D eigenvalue weighted by Crippen LogP contribution is -2.52. The summed E-state index contributed by atoms with van der Waals surface area (Å²) in [6, 6.07) is 0. The Morgan fingerprint density at radius 2 is 1.26 bits per heavy atom. The van der Waals surface area contributed by atoms with E-state index in [-0.39, 0.29) is 64.7 Å². The summed E-state index contributed by atoms with van der Waals surface area (Å²) in [6.45, 7) is 14.3. The molecule has 0 saturated carbocycles. The summed E-state index contributed by atoms with van der Waals surface area (Å²) in [5.74, 6) is -14.0. The standard InChI is InChI=1S/C47H86N6O14S3/c1-31(39(55)52-22-26-67-25-18-48)36(43(60)61)46(5,6)30-34(42(58)59)37(41(57)51-21-20-49-35(54)16-12-11-15-32-17-27-68-69-32)47(7,8)29-33(38(44(62)63)45(2,3)4)40(56)50-19-13-23-53(9,10)24-14-28-70(64,65)66/h31-34,36-38H,11-30,48H2,1-10H3,(H7-,49,50,51,52,54,55,56,57,58,59,60,61,62,63,64,65,66)/p+1. The minimum absolute atomic E-state index is 0.0211. The highest BCUT2D eigenvalue weighted by molar-refractivity contribution is 8.77. The van der Waals surface area contributed by atoms with Crippen LogP contribution in [0.5, 0.6) is 0 Å². The second kappa shape index (κ2) is 30.1. The molecule has 406 valence electrons. The highest BCUT2D eigenvalue weighted by Gasteiger charge is 2.53. The number of carboxylic acids is 3. The number of amides is 4. The topological polar surface area (TPSA) is 318 Å². The fourth-order valence-corrected chi connectivity index (χ4v) is 13.3. The van der Waals surface area contributed by atoms with Crippen molar-refractivity contribution < 1.29 is 71.1 Å². The second-order valence-corrected chi connectivity index (χ2v) is 26.1. The third kappa shape index (κ3) is 24.0. The molecule has 1 saturated heterocycles. The average molecular weight is 1060 g/mol. The fraction of sp³-hybridized carbons (Fsp3) is 0.851. The number of rotatable bonds is 36. The van der Waals surface area contributed by atoms with Gasteiger partial charge in [-0.05, 0) is 48.3 Å². The van der Waals surface area contributed by atoms with Crippen LogP contribution in [-0.2, 0) is 48.4 Å². The van der Waals surface area contributed by atoms with Crippen molar-refractivity contribution >= 4 is 73.2 Å². The van der Waals surface area contributed by atoms with Gasteiger partial charge in [-0.2, -0.15) is 8.42 Å². The Morgan fingerprint density at radius 3 is 1.80 bits per heavy atom. The molecule has 70 heavy (non-hydrogen) atoms. The van der Waals surface area contributed by atoms with Crippen LogP contribution in [0.15, 0.2) is 0 Å². The molecule has 0 bridgehead atoms. The summed E-state index contributed by atoms with van der Waals surface area (Å²) >= 11 is 0. The van der Waals surface area contributed by atoms with Crippen molar-refractivity contribution in [3.63, 3.8) is 0 Å². The predicted molar refractivity (Wildman–Crippen MR) is 272 cm³/mol. The Bertz CT molecular complexity index is 1820. The molecular formula is C47H87N6O14S3+. The highest BCUT2D eigenvalue weighted by atomic mass is 33.1. The zero-order valence-corrected chi connectivity index (χ0v) is 45.8. The van der Waals surface area contributed by atoms with Gasteiger partial charge in [0.15, 0.2) is 0 Å². The van der Waals surface area contributed by atoms with Crippen LogP contribution in [0.2, 0.25) is 0 Å². The van der Waals surface area contributed by atoms with Gasteiger partial charge >= 0.3 is 17.9 Å². The lowest BCUT2D eigenvalue weighted by Gasteiger charge is -2.44. The Balaban J connectivity index is 3.61. The van der Waals surface area contributed by atoms with Gasteiger partial charge in [0.2, 0.25) is 23.6 Å². The van der Waals surface area contributed by atoms with Gasteiger partial charge in [0.05, 0.1) is 75.7 Å². The molecule has 1 heterocycles. The zero-order chi connectivity index (χ0) is 53.7. The van der Waals surface area contributed by atoms with Crippen molar-refractivity contribution in [1.82, 2.24) is 21.3 Å². The van der Waals surface area contributed by atoms with Crippen LogP contribution in [0.3, 0.4) is 0 Å². The minimum Gasteiger partial charge on any atom is -0.481 e. The molecule has 0 aliphatic carbocycles. The molecule has 7 unspecified atom stereocenters. The summed E-state index contributed by atoms with van der Waals surface area (Å²) in [6.07, 6.45) is 3.96. The summed E-state index contributed by atoms with van der Waals surface area (Å²) in [5, 5.41) is 44.0. The van der Waals surface area contributed by atoms with Crippen LogP contribution >= 0.6 is 21.6 Å². The average Bonchev–Trinajstić information content (AvgIpc) is 3.74. The van der Waals surface area contributed by atoms with Gasteiger partial charge in [-0.1, -0.05) is 83.4 Å². The molecule has 0 spiro atoms. The molecule has 7 atom stereocenters. The normalized spacial score (nSPS) is 17.3. The first-order valence-electron chi connectivity index (χ1n) is 24.4. The number of ether oxygens (including phenoxy) is 1. The van der Waals surface area contributed by atoms with Crippen LogP contribution in [0, 0.1) is 51.8 Å². The van der Waals surface area contributed by atoms with Crippen LogP contribution in [-0.4, -0.2) is 164 Å². The van der Waals surface area contributed by atoms with E-state index < -0.39 is 110 Å². The third-order valence-electron chi connectivity index (χ3n) is 13.2. The molecule has 10 N–H and O–H groups in total. The number of hydrogen-bond donors (Lipinski definition) is 9. The van der Waals surface area contributed by atoms with Crippen molar-refractivity contribution in [3.8, 4) is 0 Å². The van der Waals surface area contributed by atoms with Crippen LogP contribution in [0.1, 0.15) is 113 Å². The lowest BCUT2D eigenvalue weighted by atomic mass is 9.59. The quantitative estimate of drug-likeness (QED) is 0.0187. The lowest BCUT2D eigenvalue weighted by molar-refractivity contribution is -0.890. The van der Waals surface area contributed by atoms with Crippen molar-refractivity contribution in [1.29, 1.82) is 0 Å². The number of quaternary nitrogens is 1. The number of aliphatic carboxylic acids is 3. The number of carboxylic acid groups (broad SMARTS) is 3. The molecule has 1 aliphatic heterocycles. The van der Waals surface area contributed by atoms with Crippen molar-refractivity contribution in [2.45, 2.75) is 118 Å². The predicted octanol–water partition coefficient (Wildman–Crippen LogP) is 3.73. The SMILES string of the molecule is CC(C(=O)NCCOCCN)C(C(=O)O)C(C)(C)CC(C(=O)O)C(C(=O)NCCNC(=O)CCCCC1CCSS1)C(C)(C)CC(C(=O)NCCC[N+](C)(C)CCCS(=O)(=O)O)C(C(=O)O)C(C)(C)C. The van der Waals surface area contributed by atoms with E-state index in [1.165, 1.54) is 20.8 Å². The van der Waals surface area contributed by atoms with E-state index in [0.29, 0.717) is 42.1 Å². The summed E-state index contributed by atoms with van der Waals surface area (Å²) in [4.78, 5) is 94.9. The maximum atomic E-state index is 14.7. The molecule has 20 nitrogen and oxygen atoms in total. The first-order valence-corrected chi connectivity index (χ1v) is 28.4. The molecule has 1 fully saturated rings. The van der Waals surface area contributed by atoms with Gasteiger partial charge < -0.3 is 51.5 Å². The molecule has 1 rings (SSSR count). The summed E-state index contributed by atoms with van der Waals surface area (Å²) in [7, 11) is 3.33. The van der Waals surface area contributed by atoms with Crippen LogP contribution in [0.25, 0.3) is 0 Å². The van der Waals surface area contributed by atoms with E-state index in [4.69, 9.17) is 15.0 Å². The monoisotopic (exact) mass is 1060 g/mol. The van der Waals surface area contributed by atoms with Crippen molar-refractivity contribution in [2.75, 3.05) is 84.6 Å². The Hall–Kier alpha value is -3.22. The smallest absolute Gasteiger partial charge is 0.307 e. The molecule has 1 aliphatic rings. The molecule has 0 aromatic rings. The van der Waals surface area contributed by atoms with Gasteiger partial charge in [0, 0.05) is 68.9 Å². The number of unbranched alkanes of at least 4 members (excludes halogenated alkanes) is 1. The maximum Gasteiger partial charge on any atom is 0.307 e. The Morgan fingerprint density at radius 1 is 0.700 bits per heavy atom. The van der Waals surface area contributed by atoms with E-state index in [2.05, 4.69) is 21.3 Å². The Kier molecular flexibility index (Phi) is 27.9. The third-order valence-corrected chi connectivity index (χ3v) is 17.0. The number of carbonyl (C=O) groups excluding carboxylic acids is 4. The zero-order valence-electron chi connectivity index (χ0n) is 43.3. The van der Waals surface area contributed by atoms with Crippen LogP contribution in [0.4, 0.5) is 0 Å². The molecular weight excluding hydrogens is 969 g/mol. The largest absolute Gasteiger partial charge is 0.481 e. The van der Waals surface area contributed by atoms with Crippen molar-refractivity contribution in [3.05, 3.63) is 0 Å². The number of nitrogens with one attached hydrogen (secondary N) is 4. The highest BCUT2D eigenvalue weighted by Crippen LogP contribution is 2.48. The number of nitrogens with two attached hydrogens (primary N) is 1. The van der Waals surface area contributed by atoms with Gasteiger partial charge in [0.1, 0.15) is 0 Å². The van der Waals surface area contributed by atoms with Gasteiger partial charge in [-0.3, -0.25) is 38.1 Å². The van der Waals surface area contributed by atoms with Crippen molar-refractivity contribution in [2.24, 2.45) is 57.5 Å². The van der Waals surface area contributed by atoms with E-state index in [1.54, 1.807) is 34.6 Å². The molecule has 4 amide bonds. The first kappa shape index (κ1) is 64.8. The van der Waals surface area contributed by atoms with Gasteiger partial charge in [0.25, 0.3) is 10.1 Å². The molecule has 0 aromatic heterocycles. The number of nitrogens with zero attached hydrogens (tertiary/aromatic N) is 1. The second-order valence-electron chi connectivity index (χ2n) is 21.8. The van der Waals surface area contributed by atoms with E-state index in [0.717, 1.165) is 25.0 Å². The fourth-order valence-electron chi connectivity index (χ4n) is 9.74. The number of carbonyl (C=O) groups is 7. The molecule has 23 heteroatoms. The summed E-state index contributed by atoms with van der Waals surface area (Å²) in [5.41, 5.74) is 1.51. The summed E-state index contributed by atoms with van der Waals surface area (Å²) < 4.78 is 37.3. The first-order chi connectivity index (χ1) is 32.3. The molecule has 0 radical (unpaired) electrons. The maximum absolute atomic E-state index is 14.7.